The van der Waals surface area contributed by atoms with E-state index in [2.05, 4.69) is 0 Å². The first kappa shape index (κ1) is 81.6. The third-order valence-electron chi connectivity index (χ3n) is 0. The van der Waals surface area contributed by atoms with Gasteiger partial charge in [-0.1, -0.05) is 0 Å². The standard InChI is InChI=1S/B.Na.2H2O.H/h;;2*1H2;/q;+1;;;-1. The minimum absolute atomic E-state index is 0. The van der Waals surface area contributed by atoms with Crippen LogP contribution in [0.4, 0.5) is 0 Å². The van der Waals surface area contributed by atoms with Crippen molar-refractivity contribution in [2.45, 2.75) is 0 Å². The minimum atomic E-state index is 0. The van der Waals surface area contributed by atoms with Crippen LogP contribution in [0.25, 0.3) is 0 Å². The van der Waals surface area contributed by atoms with Crippen molar-refractivity contribution in [2.75, 3.05) is 0 Å². The van der Waals surface area contributed by atoms with Crippen LogP contribution in [0.2, 0.25) is 0 Å². The van der Waals surface area contributed by atoms with Crippen LogP contribution in [0.3, 0.4) is 0 Å². The van der Waals surface area contributed by atoms with Crippen LogP contribution in [-0.2, 0) is 0 Å². The maximum absolute atomic E-state index is 0. The van der Waals surface area contributed by atoms with Gasteiger partial charge in [0.25, 0.3) is 0 Å². The zero-order valence-electron chi connectivity index (χ0n) is 3.58. The monoisotopic (exact) mass is 71.0 g/mol. The van der Waals surface area contributed by atoms with Gasteiger partial charge in [0.2, 0.25) is 0 Å². The molecular formula is H5BNaO2. The van der Waals surface area contributed by atoms with Crippen LogP contribution >= 0.6 is 0 Å². The molecule has 0 aromatic carbocycles. The molecule has 3 radical (unpaired) electrons. The normalized spacial score (nSPS) is 0. The average molecular weight is 70.8 g/mol. The Morgan fingerprint density at radius 1 is 1.00 bits per heavy atom. The number of rotatable bonds is 0. The number of hydrogen-bond acceptors (Lipinski definition) is 0. The van der Waals surface area contributed by atoms with Gasteiger partial charge in [0.1, 0.15) is 0 Å². The maximum Gasteiger partial charge on any atom is 1.00 e. The Morgan fingerprint density at radius 2 is 1.00 bits per heavy atom. The predicted molar refractivity (Wildman–Crippen MR) is 14.1 cm³/mol. The second-order valence-electron chi connectivity index (χ2n) is 0. The van der Waals surface area contributed by atoms with Gasteiger partial charge in [-0.15, -0.1) is 0 Å². The fourth-order valence-corrected chi connectivity index (χ4v) is 0. The molecule has 2 nitrogen and oxygen atoms in total. The molecule has 4 heteroatoms. The van der Waals surface area contributed by atoms with Gasteiger partial charge < -0.3 is 12.4 Å². The molecule has 0 saturated carbocycles. The Bertz CT molecular complexity index is 9.61. The van der Waals surface area contributed by atoms with Gasteiger partial charge in [0, 0.05) is 8.41 Å². The van der Waals surface area contributed by atoms with Crippen molar-refractivity contribution in [2.24, 2.45) is 0 Å². The quantitative estimate of drug-likeness (QED) is 0.257. The van der Waals surface area contributed by atoms with Gasteiger partial charge in [-0.05, 0) is 0 Å². The molecule has 0 rings (SSSR count). The van der Waals surface area contributed by atoms with Gasteiger partial charge in [0.05, 0.1) is 0 Å². The molecule has 0 unspecified atom stereocenters. The molecule has 0 aliphatic heterocycles. The third kappa shape index (κ3) is 12.1. The first-order valence-electron chi connectivity index (χ1n) is 0. The van der Waals surface area contributed by atoms with Gasteiger partial charge >= 0.3 is 29.6 Å². The summed E-state index contributed by atoms with van der Waals surface area (Å²) in [5.41, 5.74) is 0. The van der Waals surface area contributed by atoms with Gasteiger partial charge in [-0.25, -0.2) is 0 Å². The van der Waals surface area contributed by atoms with E-state index >= 15 is 0 Å². The minimum Gasteiger partial charge on any atom is -1.00 e. The van der Waals surface area contributed by atoms with Crippen molar-refractivity contribution in [1.82, 2.24) is 0 Å². The van der Waals surface area contributed by atoms with Gasteiger partial charge in [-0.3, -0.25) is 0 Å². The van der Waals surface area contributed by atoms with Crippen LogP contribution in [0.15, 0.2) is 0 Å². The molecule has 0 bridgehead atoms. The number of hydrogen-bond donors (Lipinski definition) is 0. The predicted octanol–water partition coefficient (Wildman–Crippen LogP) is -4.91. The molecule has 0 saturated heterocycles. The molecule has 4 heavy (non-hydrogen) atoms. The first-order chi connectivity index (χ1) is 0. The molecule has 0 spiro atoms. The van der Waals surface area contributed by atoms with Crippen LogP contribution in [0, 0.1) is 0 Å². The zero-order valence-corrected chi connectivity index (χ0v) is 4.58. The van der Waals surface area contributed by atoms with E-state index in [9.17, 15) is 0 Å². The molecule has 0 aromatic heterocycles. The summed E-state index contributed by atoms with van der Waals surface area (Å²) in [6.45, 7) is 0. The molecule has 4 N–H and O–H groups in total. The fraction of sp³-hybridized carbons (Fsp3) is 0. The zero-order chi connectivity index (χ0) is 0. The summed E-state index contributed by atoms with van der Waals surface area (Å²) in [4.78, 5) is 0. The van der Waals surface area contributed by atoms with Crippen molar-refractivity contribution in [3.05, 3.63) is 0 Å². The van der Waals surface area contributed by atoms with Gasteiger partial charge in [-0.2, -0.15) is 0 Å². The van der Waals surface area contributed by atoms with E-state index in [0.717, 1.165) is 0 Å². The Kier molecular flexibility index (Phi) is 747. The van der Waals surface area contributed by atoms with E-state index in [-0.39, 0.29) is 50.3 Å². The maximum atomic E-state index is 0. The molecule has 0 amide bonds. The molecular weight excluding hydrogens is 65.8 g/mol. The van der Waals surface area contributed by atoms with Crippen molar-refractivity contribution < 1.29 is 41.9 Å². The fourth-order valence-electron chi connectivity index (χ4n) is 0. The Labute approximate surface area is 50.6 Å². The van der Waals surface area contributed by atoms with Crippen LogP contribution in [-0.4, -0.2) is 19.4 Å². The average Bonchev–Trinajstić information content (AvgIpc) is 0. The summed E-state index contributed by atoms with van der Waals surface area (Å²) < 4.78 is 0. The van der Waals surface area contributed by atoms with Crippen LogP contribution in [0.1, 0.15) is 1.43 Å². The van der Waals surface area contributed by atoms with E-state index in [4.69, 9.17) is 0 Å². The van der Waals surface area contributed by atoms with Crippen molar-refractivity contribution >= 4 is 8.41 Å². The first-order valence-corrected chi connectivity index (χ1v) is 0. The topological polar surface area (TPSA) is 63.0 Å². The third-order valence-corrected chi connectivity index (χ3v) is 0. The Balaban J connectivity index is 0. The Morgan fingerprint density at radius 3 is 1.00 bits per heavy atom. The van der Waals surface area contributed by atoms with E-state index in [1.54, 1.807) is 0 Å². The summed E-state index contributed by atoms with van der Waals surface area (Å²) in [6, 6.07) is 0. The molecule has 0 heterocycles. The summed E-state index contributed by atoms with van der Waals surface area (Å²) in [5, 5.41) is 0. The molecule has 0 atom stereocenters. The second kappa shape index (κ2) is 36.6. The molecule has 21 valence electrons. The second-order valence-corrected chi connectivity index (χ2v) is 0. The van der Waals surface area contributed by atoms with Crippen LogP contribution in [0.5, 0.6) is 0 Å². The van der Waals surface area contributed by atoms with Crippen molar-refractivity contribution in [3.63, 3.8) is 0 Å². The molecule has 0 aliphatic rings. The summed E-state index contributed by atoms with van der Waals surface area (Å²) in [5.74, 6) is 0. The summed E-state index contributed by atoms with van der Waals surface area (Å²) in [6.07, 6.45) is 0. The van der Waals surface area contributed by atoms with E-state index in [0.29, 0.717) is 0 Å². The van der Waals surface area contributed by atoms with E-state index < -0.39 is 0 Å². The summed E-state index contributed by atoms with van der Waals surface area (Å²) >= 11 is 0. The smallest absolute Gasteiger partial charge is 1.00 e. The summed E-state index contributed by atoms with van der Waals surface area (Å²) in [7, 11) is 0. The molecule has 0 aromatic rings. The van der Waals surface area contributed by atoms with E-state index in [1.165, 1.54) is 0 Å². The molecule has 0 aliphatic carbocycles. The van der Waals surface area contributed by atoms with Gasteiger partial charge in [0.15, 0.2) is 0 Å². The van der Waals surface area contributed by atoms with E-state index in [1.807, 2.05) is 0 Å². The SMILES string of the molecule is O.O.[B].[H-].[Na+]. The van der Waals surface area contributed by atoms with Crippen LogP contribution < -0.4 is 29.6 Å². The van der Waals surface area contributed by atoms with Crippen molar-refractivity contribution in [1.29, 1.82) is 0 Å². The Hall–Kier alpha value is 0.985. The largest absolute Gasteiger partial charge is 1.00 e. The molecule has 0 fully saturated rings. The van der Waals surface area contributed by atoms with Crippen molar-refractivity contribution in [3.8, 4) is 0 Å².